The van der Waals surface area contributed by atoms with Crippen LogP contribution in [0.3, 0.4) is 0 Å². The molecule has 21 rings (SSSR count). The molecule has 0 saturated carbocycles. The van der Waals surface area contributed by atoms with Crippen LogP contribution in [0.15, 0.2) is 364 Å². The number of benzene rings is 15. The summed E-state index contributed by atoms with van der Waals surface area (Å²) in [5.41, 5.74) is 23.3. The quantitative estimate of drug-likeness (QED) is 0.121. The van der Waals surface area contributed by atoms with Crippen LogP contribution in [0, 0.1) is 0 Å². The zero-order valence-electron chi connectivity index (χ0n) is 57.1. The fraction of sp³-hybridized carbons (Fsp3) is 0. The van der Waals surface area contributed by atoms with Crippen LogP contribution >= 0.6 is 0 Å². The fourth-order valence-electron chi connectivity index (χ4n) is 16.0. The van der Waals surface area contributed by atoms with E-state index in [4.69, 9.17) is 29.9 Å². The molecule has 0 aliphatic heterocycles. The molecule has 0 aliphatic rings. The van der Waals surface area contributed by atoms with Crippen molar-refractivity contribution in [2.24, 2.45) is 0 Å². The highest BCUT2D eigenvalue weighted by atomic mass is 15.1. The van der Waals surface area contributed by atoms with Gasteiger partial charge in [0.2, 0.25) is 0 Å². The number of para-hydroxylation sites is 5. The minimum atomic E-state index is 0.595. The van der Waals surface area contributed by atoms with E-state index in [1.165, 1.54) is 54.2 Å². The van der Waals surface area contributed by atoms with Crippen molar-refractivity contribution in [3.8, 4) is 113 Å². The van der Waals surface area contributed by atoms with Crippen LogP contribution in [0.2, 0.25) is 0 Å². The molecule has 0 amide bonds. The fourth-order valence-corrected chi connectivity index (χ4v) is 16.0. The van der Waals surface area contributed by atoms with Crippen molar-refractivity contribution >= 4 is 87.2 Å². The lowest BCUT2D eigenvalue weighted by Gasteiger charge is -2.12. The third-order valence-corrected chi connectivity index (χ3v) is 20.9. The Morgan fingerprint density at radius 3 is 0.925 bits per heavy atom. The van der Waals surface area contributed by atoms with Gasteiger partial charge in [-0.3, -0.25) is 0 Å². The van der Waals surface area contributed by atoms with E-state index in [-0.39, 0.29) is 0 Å². The summed E-state index contributed by atoms with van der Waals surface area (Å²) in [6.07, 6.45) is 0. The predicted molar refractivity (Wildman–Crippen MR) is 434 cm³/mol. The van der Waals surface area contributed by atoms with Gasteiger partial charge in [-0.05, 0) is 156 Å². The van der Waals surface area contributed by atoms with Crippen molar-refractivity contribution in [2.45, 2.75) is 0 Å². The van der Waals surface area contributed by atoms with Gasteiger partial charge in [0, 0.05) is 99.2 Å². The number of hydrogen-bond donors (Lipinski definition) is 0. The Morgan fingerprint density at radius 2 is 0.453 bits per heavy atom. The standard InChI is InChI=1S/C96H60N10/c1-5-23-62(24-6-1)91-97-92(63-25-7-2-8-26-63)99-94(98-91)65-45-52-72(53-46-65)104-85-41-20-16-36-78(85)90-74(37-22-42-87(90)104)68-49-56-86-79(58-68)75-33-13-17-38-82(75)103(86)71-50-43-61(44-51-71)67-29-21-30-69(57-67)96-101-93(64-27-9-3-10-28-64)100-95(102-96)66-47-54-73(55-48-66)106-84-40-19-15-35-77(84)81-59-80-76-34-14-18-39-83(76)105(88(80)60-89(81)106)70-31-11-4-12-32-70/h1-60H. The lowest BCUT2D eigenvalue weighted by Crippen LogP contribution is -2.01. The van der Waals surface area contributed by atoms with Crippen molar-refractivity contribution < 1.29 is 0 Å². The highest BCUT2D eigenvalue weighted by Crippen LogP contribution is 2.44. The average molecular weight is 1350 g/mol. The molecule has 106 heavy (non-hydrogen) atoms. The van der Waals surface area contributed by atoms with Crippen LogP contribution in [0.4, 0.5) is 0 Å². The number of aromatic nitrogens is 10. The Hall–Kier alpha value is -14.5. The third kappa shape index (κ3) is 10.0. The maximum atomic E-state index is 5.28. The second-order valence-electron chi connectivity index (χ2n) is 27.0. The number of nitrogens with zero attached hydrogens (tertiary/aromatic N) is 10. The van der Waals surface area contributed by atoms with Crippen molar-refractivity contribution in [3.63, 3.8) is 0 Å². The van der Waals surface area contributed by atoms with E-state index < -0.39 is 0 Å². The summed E-state index contributed by atoms with van der Waals surface area (Å²) < 4.78 is 9.55. The summed E-state index contributed by atoms with van der Waals surface area (Å²) in [6.45, 7) is 0. The summed E-state index contributed by atoms with van der Waals surface area (Å²) in [4.78, 5) is 30.7. The number of rotatable bonds is 12. The van der Waals surface area contributed by atoms with Gasteiger partial charge in [-0.25, -0.2) is 29.9 Å². The van der Waals surface area contributed by atoms with Gasteiger partial charge in [-0.1, -0.05) is 231 Å². The summed E-state index contributed by atoms with van der Waals surface area (Å²) in [6, 6.07) is 129. The summed E-state index contributed by atoms with van der Waals surface area (Å²) >= 11 is 0. The van der Waals surface area contributed by atoms with Crippen LogP contribution in [0.1, 0.15) is 0 Å². The molecule has 0 N–H and O–H groups in total. The first-order valence-corrected chi connectivity index (χ1v) is 35.7. The molecular weight excluding hydrogens is 1290 g/mol. The van der Waals surface area contributed by atoms with Gasteiger partial charge in [0.1, 0.15) is 0 Å². The van der Waals surface area contributed by atoms with E-state index in [0.29, 0.717) is 34.9 Å². The van der Waals surface area contributed by atoms with Crippen molar-refractivity contribution in [2.75, 3.05) is 0 Å². The minimum Gasteiger partial charge on any atom is -0.309 e. The monoisotopic (exact) mass is 1350 g/mol. The molecule has 6 aromatic heterocycles. The Bertz CT molecular complexity index is 6960. The first kappa shape index (κ1) is 60.3. The van der Waals surface area contributed by atoms with E-state index in [0.717, 1.165) is 111 Å². The number of fused-ring (bicyclic) bond motifs is 12. The van der Waals surface area contributed by atoms with Crippen LogP contribution < -0.4 is 0 Å². The molecule has 0 bridgehead atoms. The molecule has 0 radical (unpaired) electrons. The SMILES string of the molecule is c1ccc(-c2nc(-c3ccccc3)nc(-c3ccc(-n4c5ccccc5c5c(-c6ccc7c(c6)c6ccccc6n7-c6ccc(-c7cccc(-c8nc(-c9ccccc9)nc(-c9ccc(-n%10c%11ccccc%11c%11cc%12c%13ccccc%13n(-c%13ccccc%13)c%12cc%11%10)cc9)n8)c7)cc6)cccc54)cc3)n2)cc1. The van der Waals surface area contributed by atoms with Crippen LogP contribution in [-0.4, -0.2) is 48.2 Å². The van der Waals surface area contributed by atoms with Crippen molar-refractivity contribution in [3.05, 3.63) is 364 Å². The largest absolute Gasteiger partial charge is 0.309 e. The number of hydrogen-bond acceptors (Lipinski definition) is 6. The molecule has 10 heteroatoms. The van der Waals surface area contributed by atoms with Gasteiger partial charge in [0.05, 0.1) is 44.1 Å². The van der Waals surface area contributed by atoms with E-state index in [1.807, 2.05) is 78.9 Å². The minimum absolute atomic E-state index is 0.595. The summed E-state index contributed by atoms with van der Waals surface area (Å²) in [5.74, 6) is 3.68. The molecular formula is C96H60N10. The van der Waals surface area contributed by atoms with Gasteiger partial charge in [-0.15, -0.1) is 0 Å². The first-order chi connectivity index (χ1) is 52.5. The van der Waals surface area contributed by atoms with E-state index in [2.05, 4.69) is 303 Å². The zero-order valence-corrected chi connectivity index (χ0v) is 57.1. The van der Waals surface area contributed by atoms with Crippen LogP contribution in [-0.2, 0) is 0 Å². The Labute approximate surface area is 609 Å². The topological polar surface area (TPSA) is 97.1 Å². The van der Waals surface area contributed by atoms with Gasteiger partial charge in [-0.2, -0.15) is 0 Å². The van der Waals surface area contributed by atoms with Gasteiger partial charge in [0.15, 0.2) is 34.9 Å². The van der Waals surface area contributed by atoms with Gasteiger partial charge < -0.3 is 18.3 Å². The zero-order chi connectivity index (χ0) is 69.8. The van der Waals surface area contributed by atoms with Crippen LogP contribution in [0.25, 0.3) is 201 Å². The highest BCUT2D eigenvalue weighted by Gasteiger charge is 2.23. The molecule has 0 fully saturated rings. The normalized spacial score (nSPS) is 11.8. The predicted octanol–water partition coefficient (Wildman–Crippen LogP) is 23.8. The second-order valence-corrected chi connectivity index (χ2v) is 27.0. The Kier molecular flexibility index (Phi) is 14.0. The summed E-state index contributed by atoms with van der Waals surface area (Å²) in [5, 5.41) is 9.61. The molecule has 0 aliphatic carbocycles. The average Bonchev–Trinajstić information content (AvgIpc) is 1.56. The summed E-state index contributed by atoms with van der Waals surface area (Å²) in [7, 11) is 0. The molecule has 0 atom stereocenters. The maximum absolute atomic E-state index is 5.28. The lowest BCUT2D eigenvalue weighted by atomic mass is 9.98. The molecule has 0 unspecified atom stereocenters. The van der Waals surface area contributed by atoms with Crippen molar-refractivity contribution in [1.82, 2.24) is 48.2 Å². The molecule has 494 valence electrons. The molecule has 0 spiro atoms. The van der Waals surface area contributed by atoms with Crippen LogP contribution in [0.5, 0.6) is 0 Å². The lowest BCUT2D eigenvalue weighted by molar-refractivity contribution is 1.07. The first-order valence-electron chi connectivity index (χ1n) is 35.7. The van der Waals surface area contributed by atoms with E-state index >= 15 is 0 Å². The van der Waals surface area contributed by atoms with Gasteiger partial charge >= 0.3 is 0 Å². The van der Waals surface area contributed by atoms with Gasteiger partial charge in [0.25, 0.3) is 0 Å². The Balaban J connectivity index is 0.603. The Morgan fingerprint density at radius 1 is 0.151 bits per heavy atom. The third-order valence-electron chi connectivity index (χ3n) is 20.9. The molecule has 0 saturated heterocycles. The molecule has 6 heterocycles. The van der Waals surface area contributed by atoms with E-state index in [9.17, 15) is 0 Å². The smallest absolute Gasteiger partial charge is 0.164 e. The van der Waals surface area contributed by atoms with Crippen molar-refractivity contribution in [1.29, 1.82) is 0 Å². The molecule has 10 nitrogen and oxygen atoms in total. The molecule has 21 aromatic rings. The second kappa shape index (κ2) is 24.7. The van der Waals surface area contributed by atoms with E-state index in [1.54, 1.807) is 0 Å². The highest BCUT2D eigenvalue weighted by molar-refractivity contribution is 6.20. The molecule has 15 aromatic carbocycles. The maximum Gasteiger partial charge on any atom is 0.164 e.